The Kier molecular flexibility index (Phi) is 5.84. The van der Waals surface area contributed by atoms with E-state index < -0.39 is 0 Å². The molecule has 2 heterocycles. The number of carbonyl (C=O) groups excluding carboxylic acids is 2. The zero-order chi connectivity index (χ0) is 18.4. The van der Waals surface area contributed by atoms with Gasteiger partial charge in [-0.1, -0.05) is 25.0 Å². The third-order valence-electron chi connectivity index (χ3n) is 4.49. The summed E-state index contributed by atoms with van der Waals surface area (Å²) in [6, 6.07) is 10.4. The molecule has 2 aromatic rings. The van der Waals surface area contributed by atoms with Gasteiger partial charge in [0.15, 0.2) is 0 Å². The molecule has 0 radical (unpaired) electrons. The van der Waals surface area contributed by atoms with E-state index in [-0.39, 0.29) is 17.5 Å². The maximum absolute atomic E-state index is 12.7. The molecule has 3 rings (SSSR count). The van der Waals surface area contributed by atoms with Gasteiger partial charge in [-0.05, 0) is 37.1 Å². The smallest absolute Gasteiger partial charge is 0.274 e. The van der Waals surface area contributed by atoms with E-state index in [0.29, 0.717) is 17.0 Å². The van der Waals surface area contributed by atoms with Crippen LogP contribution in [0.25, 0.3) is 0 Å². The number of amides is 2. The number of aromatic nitrogens is 1. The van der Waals surface area contributed by atoms with Crippen molar-refractivity contribution in [3.05, 3.63) is 53.9 Å². The van der Waals surface area contributed by atoms with Crippen molar-refractivity contribution in [1.29, 1.82) is 0 Å². The number of likely N-dealkylation sites (tertiary alicyclic amines) is 1. The average Bonchev–Trinajstić information content (AvgIpc) is 2.97. The summed E-state index contributed by atoms with van der Waals surface area (Å²) in [6.07, 6.45) is 5.87. The number of hydrogen-bond acceptors (Lipinski definition) is 4. The maximum Gasteiger partial charge on any atom is 0.274 e. The van der Waals surface area contributed by atoms with Crippen LogP contribution in [-0.4, -0.2) is 41.9 Å². The van der Waals surface area contributed by atoms with Crippen molar-refractivity contribution in [3.8, 4) is 5.75 Å². The summed E-state index contributed by atoms with van der Waals surface area (Å²) in [5, 5.41) is 2.78. The Morgan fingerprint density at radius 3 is 2.54 bits per heavy atom. The van der Waals surface area contributed by atoms with E-state index in [2.05, 4.69) is 10.3 Å². The fourth-order valence-corrected chi connectivity index (χ4v) is 3.08. The molecule has 136 valence electrons. The van der Waals surface area contributed by atoms with E-state index in [9.17, 15) is 9.59 Å². The monoisotopic (exact) mass is 353 g/mol. The standard InChI is InChI=1S/C20H23N3O3/c1-26-18-9-5-4-8-16(18)22-19(24)17-14-15(10-11-21-17)20(25)23-12-6-2-3-7-13-23/h4-5,8-11,14H,2-3,6-7,12-13H2,1H3,(H,22,24). The van der Waals surface area contributed by atoms with Crippen LogP contribution in [0.3, 0.4) is 0 Å². The molecule has 0 bridgehead atoms. The number of hydrogen-bond donors (Lipinski definition) is 1. The third kappa shape index (κ3) is 4.20. The predicted molar refractivity (Wildman–Crippen MR) is 99.6 cm³/mol. The van der Waals surface area contributed by atoms with Gasteiger partial charge < -0.3 is 15.0 Å². The second-order valence-electron chi connectivity index (χ2n) is 6.29. The molecule has 6 heteroatoms. The molecule has 0 spiro atoms. The topological polar surface area (TPSA) is 71.5 Å². The van der Waals surface area contributed by atoms with Crippen molar-refractivity contribution in [1.82, 2.24) is 9.88 Å². The Hall–Kier alpha value is -2.89. The molecule has 1 N–H and O–H groups in total. The van der Waals surface area contributed by atoms with E-state index in [1.54, 1.807) is 31.4 Å². The number of para-hydroxylation sites is 2. The Balaban J connectivity index is 1.75. The summed E-state index contributed by atoms with van der Waals surface area (Å²) in [5.74, 6) is 0.151. The lowest BCUT2D eigenvalue weighted by Gasteiger charge is -2.20. The van der Waals surface area contributed by atoms with Crippen LogP contribution in [0.15, 0.2) is 42.6 Å². The van der Waals surface area contributed by atoms with Gasteiger partial charge in [0.25, 0.3) is 11.8 Å². The minimum Gasteiger partial charge on any atom is -0.495 e. The Morgan fingerprint density at radius 1 is 1.08 bits per heavy atom. The second kappa shape index (κ2) is 8.47. The van der Waals surface area contributed by atoms with Gasteiger partial charge in [-0.15, -0.1) is 0 Å². The number of pyridine rings is 1. The molecule has 1 saturated heterocycles. The summed E-state index contributed by atoms with van der Waals surface area (Å²) < 4.78 is 5.24. The highest BCUT2D eigenvalue weighted by molar-refractivity contribution is 6.05. The fraction of sp³-hybridized carbons (Fsp3) is 0.350. The lowest BCUT2D eigenvalue weighted by atomic mass is 10.2. The number of nitrogens with one attached hydrogen (secondary N) is 1. The summed E-state index contributed by atoms with van der Waals surface area (Å²) in [7, 11) is 1.55. The minimum absolute atomic E-state index is 0.0411. The molecular weight excluding hydrogens is 330 g/mol. The van der Waals surface area contributed by atoms with E-state index >= 15 is 0 Å². The molecule has 0 aliphatic carbocycles. The van der Waals surface area contributed by atoms with Crippen LogP contribution < -0.4 is 10.1 Å². The van der Waals surface area contributed by atoms with Gasteiger partial charge in [0.05, 0.1) is 12.8 Å². The van der Waals surface area contributed by atoms with Gasteiger partial charge in [-0.2, -0.15) is 0 Å². The molecule has 1 aliphatic heterocycles. The number of carbonyl (C=O) groups is 2. The first kappa shape index (κ1) is 17.9. The quantitative estimate of drug-likeness (QED) is 0.915. The van der Waals surface area contributed by atoms with Crippen LogP contribution in [0.2, 0.25) is 0 Å². The van der Waals surface area contributed by atoms with Gasteiger partial charge in [-0.3, -0.25) is 14.6 Å². The minimum atomic E-state index is -0.375. The molecule has 0 atom stereocenters. The van der Waals surface area contributed by atoms with Gasteiger partial charge in [0, 0.05) is 24.8 Å². The molecule has 0 unspecified atom stereocenters. The van der Waals surface area contributed by atoms with Crippen molar-refractivity contribution >= 4 is 17.5 Å². The van der Waals surface area contributed by atoms with Gasteiger partial charge in [0.2, 0.25) is 0 Å². The van der Waals surface area contributed by atoms with Crippen molar-refractivity contribution in [3.63, 3.8) is 0 Å². The Labute approximate surface area is 153 Å². The lowest BCUT2D eigenvalue weighted by Crippen LogP contribution is -2.32. The molecule has 1 aromatic carbocycles. The highest BCUT2D eigenvalue weighted by Crippen LogP contribution is 2.23. The SMILES string of the molecule is COc1ccccc1NC(=O)c1cc(C(=O)N2CCCCCC2)ccn1. The number of nitrogens with zero attached hydrogens (tertiary/aromatic N) is 2. The number of rotatable bonds is 4. The second-order valence-corrected chi connectivity index (χ2v) is 6.29. The molecule has 1 aliphatic rings. The Bertz CT molecular complexity index is 783. The third-order valence-corrected chi connectivity index (χ3v) is 4.49. The van der Waals surface area contributed by atoms with Crippen LogP contribution in [0, 0.1) is 0 Å². The van der Waals surface area contributed by atoms with Crippen molar-refractivity contribution in [2.45, 2.75) is 25.7 Å². The van der Waals surface area contributed by atoms with Crippen LogP contribution in [-0.2, 0) is 0 Å². The summed E-state index contributed by atoms with van der Waals surface area (Å²) >= 11 is 0. The van der Waals surface area contributed by atoms with Crippen LogP contribution >= 0.6 is 0 Å². The number of benzene rings is 1. The zero-order valence-corrected chi connectivity index (χ0v) is 14.9. The van der Waals surface area contributed by atoms with Crippen molar-refractivity contribution in [2.24, 2.45) is 0 Å². The molecular formula is C20H23N3O3. The van der Waals surface area contributed by atoms with Gasteiger partial charge in [-0.25, -0.2) is 0 Å². The summed E-state index contributed by atoms with van der Waals surface area (Å²) in [4.78, 5) is 31.2. The highest BCUT2D eigenvalue weighted by atomic mass is 16.5. The lowest BCUT2D eigenvalue weighted by molar-refractivity contribution is 0.0761. The fourth-order valence-electron chi connectivity index (χ4n) is 3.08. The Morgan fingerprint density at radius 2 is 1.81 bits per heavy atom. The number of ether oxygens (including phenoxy) is 1. The molecule has 1 fully saturated rings. The number of methoxy groups -OCH3 is 1. The van der Waals surface area contributed by atoms with Gasteiger partial charge >= 0.3 is 0 Å². The first-order chi connectivity index (χ1) is 12.7. The first-order valence-corrected chi connectivity index (χ1v) is 8.89. The normalized spacial score (nSPS) is 14.4. The molecule has 0 saturated carbocycles. The van der Waals surface area contributed by atoms with E-state index in [0.717, 1.165) is 38.8 Å². The number of anilines is 1. The highest BCUT2D eigenvalue weighted by Gasteiger charge is 2.19. The maximum atomic E-state index is 12.7. The van der Waals surface area contributed by atoms with Crippen molar-refractivity contribution in [2.75, 3.05) is 25.5 Å². The van der Waals surface area contributed by atoms with Crippen LogP contribution in [0.5, 0.6) is 5.75 Å². The predicted octanol–water partition coefficient (Wildman–Crippen LogP) is 3.36. The largest absolute Gasteiger partial charge is 0.495 e. The van der Waals surface area contributed by atoms with E-state index in [4.69, 9.17) is 4.74 Å². The molecule has 6 nitrogen and oxygen atoms in total. The average molecular weight is 353 g/mol. The molecule has 26 heavy (non-hydrogen) atoms. The molecule has 1 aromatic heterocycles. The zero-order valence-electron chi connectivity index (χ0n) is 14.9. The van der Waals surface area contributed by atoms with E-state index in [1.165, 1.54) is 6.20 Å². The first-order valence-electron chi connectivity index (χ1n) is 8.89. The summed E-state index contributed by atoms with van der Waals surface area (Å²) in [5.41, 5.74) is 1.26. The summed E-state index contributed by atoms with van der Waals surface area (Å²) in [6.45, 7) is 1.54. The van der Waals surface area contributed by atoms with Crippen LogP contribution in [0.1, 0.15) is 46.5 Å². The van der Waals surface area contributed by atoms with Crippen LogP contribution in [0.4, 0.5) is 5.69 Å². The van der Waals surface area contributed by atoms with Gasteiger partial charge in [0.1, 0.15) is 11.4 Å². The van der Waals surface area contributed by atoms with E-state index in [1.807, 2.05) is 17.0 Å². The van der Waals surface area contributed by atoms with Crippen molar-refractivity contribution < 1.29 is 14.3 Å². The molecule has 2 amide bonds.